The third-order valence-corrected chi connectivity index (χ3v) is 3.82. The maximum Gasteiger partial charge on any atom is 0.405 e. The summed E-state index contributed by atoms with van der Waals surface area (Å²) in [4.78, 5) is 35.5. The molecule has 1 aliphatic heterocycles. The minimum absolute atomic E-state index is 0.178. The molecule has 2 rings (SSSR count). The summed E-state index contributed by atoms with van der Waals surface area (Å²) in [7, 11) is 3.02. The summed E-state index contributed by atoms with van der Waals surface area (Å²) in [5.41, 5.74) is 5.79. The summed E-state index contributed by atoms with van der Waals surface area (Å²) in [5, 5.41) is 11.0. The topological polar surface area (TPSA) is 131 Å². The highest BCUT2D eigenvalue weighted by Gasteiger charge is 2.46. The molecule has 0 aliphatic carbocycles. The molecular formula is C16H19N3O6. The Labute approximate surface area is 144 Å². The molecule has 2 atom stereocenters. The summed E-state index contributed by atoms with van der Waals surface area (Å²) >= 11 is 0. The Morgan fingerprint density at radius 2 is 2.08 bits per heavy atom. The van der Waals surface area contributed by atoms with E-state index < -0.39 is 30.0 Å². The van der Waals surface area contributed by atoms with Crippen LogP contribution >= 0.6 is 0 Å². The highest BCUT2D eigenvalue weighted by Crippen LogP contribution is 2.30. The van der Waals surface area contributed by atoms with E-state index >= 15 is 0 Å². The average molecular weight is 349 g/mol. The highest BCUT2D eigenvalue weighted by atomic mass is 16.5. The molecule has 1 fully saturated rings. The van der Waals surface area contributed by atoms with Crippen molar-refractivity contribution in [1.29, 1.82) is 0 Å². The number of ether oxygens (including phenoxy) is 2. The summed E-state index contributed by atoms with van der Waals surface area (Å²) in [6, 6.07) is 3.57. The number of nitrogens with one attached hydrogen (secondary N) is 1. The van der Waals surface area contributed by atoms with Crippen molar-refractivity contribution >= 4 is 17.9 Å². The molecule has 1 aromatic carbocycles. The number of carboxylic acid groups (broad SMARTS) is 1. The van der Waals surface area contributed by atoms with Crippen molar-refractivity contribution in [1.82, 2.24) is 10.2 Å². The molecule has 0 saturated carbocycles. The zero-order chi connectivity index (χ0) is 18.6. The lowest BCUT2D eigenvalue weighted by molar-refractivity contribution is -0.149. The number of primary amides is 1. The Bertz CT molecular complexity index is 718. The normalized spacial score (nSPS) is 19.4. The summed E-state index contributed by atoms with van der Waals surface area (Å²) in [6.07, 6.45) is 1.18. The molecule has 4 N–H and O–H groups in total. The van der Waals surface area contributed by atoms with E-state index in [4.69, 9.17) is 20.3 Å². The van der Waals surface area contributed by atoms with Gasteiger partial charge in [0.25, 0.3) is 0 Å². The maximum absolute atomic E-state index is 12.3. The fourth-order valence-electron chi connectivity index (χ4n) is 2.61. The Hall–Kier alpha value is -3.23. The monoisotopic (exact) mass is 349 g/mol. The number of β-lactam (4-membered cyclic amide) rings is 1. The molecule has 0 aromatic heterocycles. The third kappa shape index (κ3) is 4.00. The molecule has 134 valence electrons. The van der Waals surface area contributed by atoms with Gasteiger partial charge in [-0.3, -0.25) is 9.59 Å². The Balaban J connectivity index is 2.23. The number of nitrogens with two attached hydrogens (primary N) is 1. The first-order chi connectivity index (χ1) is 11.9. The van der Waals surface area contributed by atoms with Crippen LogP contribution in [0.2, 0.25) is 0 Å². The summed E-state index contributed by atoms with van der Waals surface area (Å²) in [6.45, 7) is 0.178. The zero-order valence-corrected chi connectivity index (χ0v) is 13.8. The molecule has 25 heavy (non-hydrogen) atoms. The van der Waals surface area contributed by atoms with Crippen molar-refractivity contribution < 1.29 is 29.0 Å². The Morgan fingerprint density at radius 3 is 2.64 bits per heavy atom. The lowest BCUT2D eigenvalue weighted by Crippen LogP contribution is -2.69. The number of likely N-dealkylation sites (tertiary alicyclic amines) is 1. The molecular weight excluding hydrogens is 330 g/mol. The van der Waals surface area contributed by atoms with Crippen molar-refractivity contribution in [3.63, 3.8) is 0 Å². The van der Waals surface area contributed by atoms with Gasteiger partial charge < -0.3 is 30.5 Å². The van der Waals surface area contributed by atoms with Crippen molar-refractivity contribution in [3.05, 3.63) is 35.9 Å². The van der Waals surface area contributed by atoms with Crippen LogP contribution < -0.4 is 20.5 Å². The maximum atomic E-state index is 12.3. The first kappa shape index (κ1) is 18.1. The van der Waals surface area contributed by atoms with Gasteiger partial charge in [-0.25, -0.2) is 4.79 Å². The van der Waals surface area contributed by atoms with E-state index in [0.29, 0.717) is 17.1 Å². The molecule has 1 heterocycles. The quantitative estimate of drug-likeness (QED) is 0.472. The van der Waals surface area contributed by atoms with Gasteiger partial charge in [-0.15, -0.1) is 0 Å². The van der Waals surface area contributed by atoms with Gasteiger partial charge in [0, 0.05) is 17.7 Å². The number of amides is 3. The van der Waals surface area contributed by atoms with Crippen LogP contribution in [-0.4, -0.2) is 54.2 Å². The average Bonchev–Trinajstić information content (AvgIpc) is 2.58. The zero-order valence-electron chi connectivity index (χ0n) is 13.8. The van der Waals surface area contributed by atoms with E-state index in [-0.39, 0.29) is 6.54 Å². The van der Waals surface area contributed by atoms with Crippen LogP contribution in [0.1, 0.15) is 5.56 Å². The van der Waals surface area contributed by atoms with E-state index in [1.807, 2.05) is 0 Å². The fourth-order valence-corrected chi connectivity index (χ4v) is 2.61. The molecule has 1 aromatic rings. The van der Waals surface area contributed by atoms with Crippen molar-refractivity contribution in [2.75, 3.05) is 14.2 Å². The van der Waals surface area contributed by atoms with Gasteiger partial charge in [0.05, 0.1) is 26.8 Å². The highest BCUT2D eigenvalue weighted by molar-refractivity contribution is 5.94. The smallest absolute Gasteiger partial charge is 0.405 e. The summed E-state index contributed by atoms with van der Waals surface area (Å²) in [5.74, 6) is 0.0420. The molecule has 0 unspecified atom stereocenters. The molecule has 1 saturated heterocycles. The largest absolute Gasteiger partial charge is 0.497 e. The van der Waals surface area contributed by atoms with Crippen molar-refractivity contribution in [3.8, 4) is 11.5 Å². The van der Waals surface area contributed by atoms with Crippen LogP contribution in [0.4, 0.5) is 4.79 Å². The van der Waals surface area contributed by atoms with E-state index in [1.54, 1.807) is 18.2 Å². The number of carbonyl (C=O) groups is 3. The standard InChI is InChI=1S/C16H19N3O6/c1-24-10-4-3-9(12(7-10)25-2)8-19-11(5-6-13(17)20)14(15(19)21)18-16(22)23/h3-7,11,14,18H,8H2,1-2H3,(H2,17,20)(H,22,23)/t11-,14-/m1/s1. The van der Waals surface area contributed by atoms with E-state index in [1.165, 1.54) is 25.2 Å². The van der Waals surface area contributed by atoms with Crippen LogP contribution in [-0.2, 0) is 16.1 Å². The SMILES string of the molecule is COc1ccc(CN2C(=O)[C@H](NC(=O)O)[C@H]2C=CC(N)=O)c(OC)c1. The molecule has 1 aliphatic rings. The van der Waals surface area contributed by atoms with E-state index in [0.717, 1.165) is 6.08 Å². The number of nitrogens with zero attached hydrogens (tertiary/aromatic N) is 1. The predicted molar refractivity (Wildman–Crippen MR) is 87.2 cm³/mol. The van der Waals surface area contributed by atoms with Gasteiger partial charge in [0.2, 0.25) is 11.8 Å². The lowest BCUT2D eigenvalue weighted by atomic mass is 9.93. The predicted octanol–water partition coefficient (Wildman–Crippen LogP) is 0.0923. The van der Waals surface area contributed by atoms with E-state index in [9.17, 15) is 14.4 Å². The van der Waals surface area contributed by atoms with Crippen molar-refractivity contribution in [2.24, 2.45) is 5.73 Å². The minimum Gasteiger partial charge on any atom is -0.497 e. The van der Waals surface area contributed by atoms with Crippen LogP contribution in [0.25, 0.3) is 0 Å². The van der Waals surface area contributed by atoms with Crippen LogP contribution in [0.3, 0.4) is 0 Å². The summed E-state index contributed by atoms with van der Waals surface area (Å²) < 4.78 is 10.4. The van der Waals surface area contributed by atoms with Gasteiger partial charge >= 0.3 is 6.09 Å². The van der Waals surface area contributed by atoms with Crippen LogP contribution in [0.5, 0.6) is 11.5 Å². The molecule has 0 bridgehead atoms. The van der Waals surface area contributed by atoms with Crippen molar-refractivity contribution in [2.45, 2.75) is 18.6 Å². The van der Waals surface area contributed by atoms with Gasteiger partial charge in [0.1, 0.15) is 17.5 Å². The number of benzene rings is 1. The Kier molecular flexibility index (Phi) is 5.48. The first-order valence-electron chi connectivity index (χ1n) is 7.36. The third-order valence-electron chi connectivity index (χ3n) is 3.82. The molecule has 0 spiro atoms. The molecule has 3 amide bonds. The fraction of sp³-hybridized carbons (Fsp3) is 0.312. The minimum atomic E-state index is -1.32. The van der Waals surface area contributed by atoms with Gasteiger partial charge in [-0.1, -0.05) is 6.08 Å². The second-order valence-electron chi connectivity index (χ2n) is 5.32. The van der Waals surface area contributed by atoms with Gasteiger partial charge in [-0.05, 0) is 12.1 Å². The second kappa shape index (κ2) is 7.56. The van der Waals surface area contributed by atoms with Crippen LogP contribution in [0.15, 0.2) is 30.4 Å². The number of methoxy groups -OCH3 is 2. The first-order valence-corrected chi connectivity index (χ1v) is 7.36. The molecule has 9 nitrogen and oxygen atoms in total. The van der Waals surface area contributed by atoms with Gasteiger partial charge in [-0.2, -0.15) is 0 Å². The lowest BCUT2D eigenvalue weighted by Gasteiger charge is -2.45. The van der Waals surface area contributed by atoms with Crippen LogP contribution in [0, 0.1) is 0 Å². The number of hydrogen-bond acceptors (Lipinski definition) is 5. The van der Waals surface area contributed by atoms with E-state index in [2.05, 4.69) is 5.32 Å². The second-order valence-corrected chi connectivity index (χ2v) is 5.32. The van der Waals surface area contributed by atoms with Gasteiger partial charge in [0.15, 0.2) is 0 Å². The molecule has 9 heteroatoms. The number of hydrogen-bond donors (Lipinski definition) is 3. The Morgan fingerprint density at radius 1 is 1.36 bits per heavy atom. The molecule has 0 radical (unpaired) electrons. The number of carbonyl (C=O) groups excluding carboxylic acids is 2. The number of rotatable bonds is 7.